The van der Waals surface area contributed by atoms with Gasteiger partial charge in [0.15, 0.2) is 0 Å². The van der Waals surface area contributed by atoms with E-state index in [1.807, 2.05) is 0 Å². The van der Waals surface area contributed by atoms with Gasteiger partial charge in [-0.3, -0.25) is 4.79 Å². The number of ether oxygens (including phenoxy) is 1. The Balaban J connectivity index is 2.45. The highest BCUT2D eigenvalue weighted by molar-refractivity contribution is 9.09. The van der Waals surface area contributed by atoms with Gasteiger partial charge in [-0.1, -0.05) is 131 Å². The van der Waals surface area contributed by atoms with Crippen molar-refractivity contribution in [3.63, 3.8) is 0 Å². The lowest BCUT2D eigenvalue weighted by Gasteiger charge is -2.13. The summed E-state index contributed by atoms with van der Waals surface area (Å²) in [5.41, 5.74) is 4.41. The monoisotopic (exact) mass is 550 g/mol. The van der Waals surface area contributed by atoms with Gasteiger partial charge in [0.1, 0.15) is 0 Å². The number of aryl methyl sites for hydroxylation is 2. The van der Waals surface area contributed by atoms with Crippen molar-refractivity contribution in [1.29, 1.82) is 0 Å². The quantitative estimate of drug-likeness (QED) is 0.0726. The van der Waals surface area contributed by atoms with Gasteiger partial charge in [-0.25, -0.2) is 0 Å². The molecule has 0 aromatic heterocycles. The average Bonchev–Trinajstić information content (AvgIpc) is 2.86. The zero-order valence-corrected chi connectivity index (χ0v) is 24.8. The summed E-state index contributed by atoms with van der Waals surface area (Å²) in [4.78, 5) is 12.1. The molecule has 0 bridgehead atoms. The lowest BCUT2D eigenvalue weighted by atomic mass is 9.94. The third-order valence-corrected chi connectivity index (χ3v) is 7.60. The van der Waals surface area contributed by atoms with Crippen LogP contribution in [0.4, 0.5) is 0 Å². The van der Waals surface area contributed by atoms with Crippen LogP contribution in [0.2, 0.25) is 0 Å². The van der Waals surface area contributed by atoms with Crippen LogP contribution in [-0.2, 0) is 28.8 Å². The Bertz CT molecular complexity index is 628. The van der Waals surface area contributed by atoms with E-state index in [4.69, 9.17) is 4.74 Å². The maximum Gasteiger partial charge on any atom is 0.305 e. The second-order valence-corrected chi connectivity index (χ2v) is 11.1. The number of carbonyl (C=O) groups excluding carboxylic acids is 1. The first-order valence-corrected chi connectivity index (χ1v) is 16.2. The van der Waals surface area contributed by atoms with Gasteiger partial charge < -0.3 is 4.74 Å². The first-order valence-electron chi connectivity index (χ1n) is 15.0. The van der Waals surface area contributed by atoms with Gasteiger partial charge in [-0.2, -0.15) is 0 Å². The molecule has 0 spiro atoms. The number of esters is 1. The molecular weight excluding hydrogens is 496 g/mol. The van der Waals surface area contributed by atoms with Crippen LogP contribution in [0.3, 0.4) is 0 Å². The predicted octanol–water partition coefficient (Wildman–Crippen LogP) is 10.3. The molecule has 1 aromatic carbocycles. The second-order valence-electron chi connectivity index (χ2n) is 10.3. The number of rotatable bonds is 24. The van der Waals surface area contributed by atoms with Gasteiger partial charge >= 0.3 is 5.97 Å². The van der Waals surface area contributed by atoms with E-state index in [1.54, 1.807) is 11.1 Å². The zero-order valence-electron chi connectivity index (χ0n) is 23.2. The van der Waals surface area contributed by atoms with Crippen LogP contribution in [0.15, 0.2) is 18.2 Å². The van der Waals surface area contributed by atoms with E-state index in [0.29, 0.717) is 13.0 Å². The summed E-state index contributed by atoms with van der Waals surface area (Å²) in [5.74, 6) is -0.0301. The summed E-state index contributed by atoms with van der Waals surface area (Å²) in [6, 6.07) is 7.05. The molecule has 202 valence electrons. The third kappa shape index (κ3) is 18.1. The number of halogens is 1. The van der Waals surface area contributed by atoms with Crippen LogP contribution in [0, 0.1) is 0 Å². The third-order valence-electron chi connectivity index (χ3n) is 7.04. The molecule has 0 aliphatic heterocycles. The molecular formula is C32H55BrO2. The largest absolute Gasteiger partial charge is 0.465 e. The van der Waals surface area contributed by atoms with Crippen molar-refractivity contribution in [2.24, 2.45) is 0 Å². The normalized spacial score (nSPS) is 11.2. The molecule has 0 amide bonds. The molecule has 0 aliphatic rings. The van der Waals surface area contributed by atoms with Gasteiger partial charge in [0.25, 0.3) is 0 Å². The van der Waals surface area contributed by atoms with E-state index >= 15 is 0 Å². The zero-order chi connectivity index (χ0) is 25.4. The fourth-order valence-electron chi connectivity index (χ4n) is 4.75. The van der Waals surface area contributed by atoms with Crippen LogP contribution < -0.4 is 0 Å². The van der Waals surface area contributed by atoms with E-state index in [9.17, 15) is 4.79 Å². The summed E-state index contributed by atoms with van der Waals surface area (Å²) < 4.78 is 5.55. The molecule has 0 aliphatic carbocycles. The van der Waals surface area contributed by atoms with Crippen LogP contribution in [0.25, 0.3) is 0 Å². The highest BCUT2D eigenvalue weighted by Gasteiger charge is 2.07. The van der Waals surface area contributed by atoms with Gasteiger partial charge in [0, 0.05) is 18.2 Å². The summed E-state index contributed by atoms with van der Waals surface area (Å²) in [7, 11) is 0. The maximum atomic E-state index is 12.1. The Morgan fingerprint density at radius 1 is 0.657 bits per heavy atom. The second kappa shape index (κ2) is 23.6. The van der Waals surface area contributed by atoms with E-state index < -0.39 is 0 Å². The van der Waals surface area contributed by atoms with Crippen LogP contribution >= 0.6 is 15.9 Å². The van der Waals surface area contributed by atoms with Crippen molar-refractivity contribution >= 4 is 21.9 Å². The molecule has 35 heavy (non-hydrogen) atoms. The fourth-order valence-corrected chi connectivity index (χ4v) is 5.15. The van der Waals surface area contributed by atoms with Gasteiger partial charge in [-0.15, -0.1) is 0 Å². The highest BCUT2D eigenvalue weighted by atomic mass is 79.9. The Kier molecular flexibility index (Phi) is 21.7. The number of alkyl halides is 1. The average molecular weight is 552 g/mol. The Hall–Kier alpha value is -0.830. The molecule has 0 atom stereocenters. The SMILES string of the molecule is CCCCCCCCc1ccc(CCOC(=O)CCCCCCCBr)cc1CCCCCCCC. The molecule has 0 N–H and O–H groups in total. The van der Waals surface area contributed by atoms with Crippen LogP contribution in [0.5, 0.6) is 0 Å². The van der Waals surface area contributed by atoms with Gasteiger partial charge in [-0.05, 0) is 55.2 Å². The lowest BCUT2D eigenvalue weighted by Crippen LogP contribution is -2.08. The van der Waals surface area contributed by atoms with Crippen LogP contribution in [0.1, 0.15) is 146 Å². The van der Waals surface area contributed by atoms with E-state index in [1.165, 1.54) is 115 Å². The maximum absolute atomic E-state index is 12.1. The van der Waals surface area contributed by atoms with Gasteiger partial charge in [0.05, 0.1) is 6.61 Å². The van der Waals surface area contributed by atoms with Gasteiger partial charge in [0.2, 0.25) is 0 Å². The standard InChI is InChI=1S/C32H55BrO2/c1-3-5-7-9-12-16-20-30-24-23-29(28-31(30)21-17-13-10-8-6-4-2)25-27-35-32(34)22-18-14-11-15-19-26-33/h23-24,28H,3-22,25-27H2,1-2H3. The predicted molar refractivity (Wildman–Crippen MR) is 157 cm³/mol. The Morgan fingerprint density at radius 3 is 1.83 bits per heavy atom. The first-order chi connectivity index (χ1) is 17.2. The molecule has 3 heteroatoms. The summed E-state index contributed by atoms with van der Waals surface area (Å²) in [6.45, 7) is 5.07. The van der Waals surface area contributed by atoms with Crippen molar-refractivity contribution < 1.29 is 9.53 Å². The molecule has 0 radical (unpaired) electrons. The van der Waals surface area contributed by atoms with E-state index in [0.717, 1.165) is 24.6 Å². The lowest BCUT2D eigenvalue weighted by molar-refractivity contribution is -0.143. The molecule has 0 fully saturated rings. The molecule has 0 saturated heterocycles. The fraction of sp³-hybridized carbons (Fsp3) is 0.781. The van der Waals surface area contributed by atoms with Crippen LogP contribution in [-0.4, -0.2) is 17.9 Å². The molecule has 0 heterocycles. The number of hydrogen-bond acceptors (Lipinski definition) is 2. The number of benzene rings is 1. The number of unbranched alkanes of at least 4 members (excludes halogenated alkanes) is 14. The minimum atomic E-state index is -0.0301. The molecule has 2 nitrogen and oxygen atoms in total. The molecule has 0 saturated carbocycles. The van der Waals surface area contributed by atoms with Crippen molar-refractivity contribution in [2.45, 2.75) is 149 Å². The minimum Gasteiger partial charge on any atom is -0.465 e. The smallest absolute Gasteiger partial charge is 0.305 e. The highest BCUT2D eigenvalue weighted by Crippen LogP contribution is 2.20. The van der Waals surface area contributed by atoms with E-state index in [-0.39, 0.29) is 5.97 Å². The van der Waals surface area contributed by atoms with Crippen molar-refractivity contribution in [3.05, 3.63) is 34.9 Å². The minimum absolute atomic E-state index is 0.0301. The van der Waals surface area contributed by atoms with Crippen molar-refractivity contribution in [1.82, 2.24) is 0 Å². The summed E-state index contributed by atoms with van der Waals surface area (Å²) >= 11 is 3.47. The topological polar surface area (TPSA) is 26.3 Å². The molecule has 0 unspecified atom stereocenters. The van der Waals surface area contributed by atoms with Crippen molar-refractivity contribution in [3.8, 4) is 0 Å². The molecule has 1 rings (SSSR count). The van der Waals surface area contributed by atoms with Crippen molar-refractivity contribution in [2.75, 3.05) is 11.9 Å². The Labute approximate surface area is 226 Å². The number of hydrogen-bond donors (Lipinski definition) is 0. The summed E-state index contributed by atoms with van der Waals surface area (Å²) in [5, 5.41) is 1.08. The summed E-state index contributed by atoms with van der Waals surface area (Å²) in [6.07, 6.45) is 25.7. The Morgan fingerprint density at radius 2 is 1.20 bits per heavy atom. The molecule has 1 aromatic rings. The van der Waals surface area contributed by atoms with E-state index in [2.05, 4.69) is 48.0 Å². The first kappa shape index (κ1) is 32.2. The number of carbonyl (C=O) groups is 1.